The molecule has 0 heterocycles. The second-order valence-electron chi connectivity index (χ2n) is 1.82. The summed E-state index contributed by atoms with van der Waals surface area (Å²) in [5, 5.41) is 8.83. The van der Waals surface area contributed by atoms with Gasteiger partial charge in [-0.05, 0) is 17.7 Å². The van der Waals surface area contributed by atoms with Crippen LogP contribution in [-0.2, 0) is 5.75 Å². The van der Waals surface area contributed by atoms with Gasteiger partial charge in [0.05, 0.1) is 0 Å². The van der Waals surface area contributed by atoms with E-state index in [0.717, 1.165) is 11.3 Å². The third kappa shape index (κ3) is 2.97. The van der Waals surface area contributed by atoms with Crippen molar-refractivity contribution in [3.63, 3.8) is 0 Å². The van der Waals surface area contributed by atoms with Gasteiger partial charge in [-0.1, -0.05) is 12.1 Å². The summed E-state index contributed by atoms with van der Waals surface area (Å²) in [5.74, 6) is 1.03. The second-order valence-corrected chi connectivity index (χ2v) is 2.14. The molecule has 0 aliphatic carbocycles. The van der Waals surface area contributed by atoms with Crippen LogP contribution in [0, 0.1) is 0 Å². The van der Waals surface area contributed by atoms with Crippen molar-refractivity contribution in [2.24, 2.45) is 0 Å². The van der Waals surface area contributed by atoms with Crippen molar-refractivity contribution in [1.29, 1.82) is 0 Å². The zero-order valence-corrected chi connectivity index (χ0v) is 8.81. The molecule has 0 atom stereocenters. The van der Waals surface area contributed by atoms with Crippen LogP contribution in [0.4, 0.5) is 0 Å². The van der Waals surface area contributed by atoms with Gasteiger partial charge in [-0.3, -0.25) is 0 Å². The van der Waals surface area contributed by atoms with Gasteiger partial charge in [0.1, 0.15) is 5.75 Å². The Hall–Kier alpha value is 0.370. The average molecular weight is 164 g/mol. The quantitative estimate of drug-likeness (QED) is 0.400. The van der Waals surface area contributed by atoms with Gasteiger partial charge in [-0.2, -0.15) is 12.6 Å². The van der Waals surface area contributed by atoms with E-state index in [9.17, 15) is 0 Å². The molecular weight excluding hydrogens is 155 g/mol. The normalized spacial score (nSPS) is 8.50. The molecule has 0 saturated carbocycles. The monoisotopic (exact) mass is 164 g/mol. The van der Waals surface area contributed by atoms with Crippen LogP contribution in [0.5, 0.6) is 5.75 Å². The first-order valence-corrected chi connectivity index (χ1v) is 3.35. The fourth-order valence-corrected chi connectivity index (χ4v) is 0.812. The van der Waals surface area contributed by atoms with Crippen LogP contribution in [-0.4, -0.2) is 5.11 Å². The number of thiol groups is 1. The number of phenols is 1. The van der Waals surface area contributed by atoms with Crippen LogP contribution in [0.25, 0.3) is 0 Å². The number of hydrogen-bond donors (Lipinski definition) is 2. The second kappa shape index (κ2) is 5.08. The first-order valence-electron chi connectivity index (χ1n) is 2.71. The van der Waals surface area contributed by atoms with Crippen molar-refractivity contribution in [2.45, 2.75) is 5.75 Å². The van der Waals surface area contributed by atoms with E-state index in [2.05, 4.69) is 12.6 Å². The number of phenolic OH excluding ortho intramolecular Hbond substituents is 1. The number of benzene rings is 1. The van der Waals surface area contributed by atoms with Crippen molar-refractivity contribution in [3.8, 4) is 5.75 Å². The van der Waals surface area contributed by atoms with E-state index >= 15 is 0 Å². The molecule has 3 heteroatoms. The van der Waals surface area contributed by atoms with Crippen molar-refractivity contribution in [3.05, 3.63) is 29.8 Å². The van der Waals surface area contributed by atoms with Gasteiger partial charge in [-0.25, -0.2) is 0 Å². The summed E-state index contributed by atoms with van der Waals surface area (Å²) in [6.07, 6.45) is 0. The summed E-state index contributed by atoms with van der Waals surface area (Å²) >= 11 is 4.06. The minimum absolute atomic E-state index is 0. The van der Waals surface area contributed by atoms with Gasteiger partial charge in [-0.15, -0.1) is 0 Å². The Bertz CT molecular complexity index is 190. The van der Waals surface area contributed by atoms with Gasteiger partial charge >= 0.3 is 29.6 Å². The summed E-state index contributed by atoms with van der Waals surface area (Å²) in [4.78, 5) is 0. The largest absolute Gasteiger partial charge is 1.00 e. The van der Waals surface area contributed by atoms with Crippen LogP contribution in [0.1, 0.15) is 6.99 Å². The fourth-order valence-electron chi connectivity index (χ4n) is 0.601. The molecule has 1 aromatic rings. The Kier molecular flexibility index (Phi) is 5.27. The van der Waals surface area contributed by atoms with Gasteiger partial charge in [0.25, 0.3) is 0 Å². The zero-order chi connectivity index (χ0) is 6.69. The Morgan fingerprint density at radius 1 is 1.30 bits per heavy atom. The van der Waals surface area contributed by atoms with Crippen LogP contribution in [0.2, 0.25) is 0 Å². The first-order chi connectivity index (χ1) is 4.33. The zero-order valence-electron chi connectivity index (χ0n) is 6.91. The van der Waals surface area contributed by atoms with Gasteiger partial charge in [0.2, 0.25) is 0 Å². The molecule has 0 saturated heterocycles. The van der Waals surface area contributed by atoms with E-state index in [0.29, 0.717) is 5.75 Å². The number of rotatable bonds is 1. The molecule has 0 fully saturated rings. The number of aromatic hydroxyl groups is 1. The average Bonchev–Trinajstić information content (AvgIpc) is 1.90. The van der Waals surface area contributed by atoms with Crippen molar-refractivity contribution in [2.75, 3.05) is 0 Å². The SMILES string of the molecule is Oc1ccc(CS)cc1.[H-].[Na+]. The van der Waals surface area contributed by atoms with E-state index in [1.807, 2.05) is 12.1 Å². The molecule has 1 rings (SSSR count). The van der Waals surface area contributed by atoms with E-state index in [-0.39, 0.29) is 31.0 Å². The molecule has 0 aromatic heterocycles. The smallest absolute Gasteiger partial charge is 1.00 e. The molecule has 0 aliphatic rings. The Labute approximate surface area is 89.6 Å². The van der Waals surface area contributed by atoms with E-state index < -0.39 is 0 Å². The third-order valence-electron chi connectivity index (χ3n) is 1.12. The minimum atomic E-state index is 0. The van der Waals surface area contributed by atoms with Crippen LogP contribution in [0.15, 0.2) is 24.3 Å². The molecule has 0 spiro atoms. The van der Waals surface area contributed by atoms with E-state index in [1.165, 1.54) is 0 Å². The van der Waals surface area contributed by atoms with Crippen molar-refractivity contribution >= 4 is 12.6 Å². The predicted octanol–water partition coefficient (Wildman–Crippen LogP) is -1.06. The predicted molar refractivity (Wildman–Crippen MR) is 41.9 cm³/mol. The van der Waals surface area contributed by atoms with E-state index in [1.54, 1.807) is 12.1 Å². The maximum atomic E-state index is 8.83. The minimum Gasteiger partial charge on any atom is -1.00 e. The maximum Gasteiger partial charge on any atom is 1.00 e. The molecule has 1 N–H and O–H groups in total. The third-order valence-corrected chi connectivity index (χ3v) is 1.48. The molecule has 0 amide bonds. The fraction of sp³-hybridized carbons (Fsp3) is 0.143. The van der Waals surface area contributed by atoms with Gasteiger partial charge in [0, 0.05) is 5.75 Å². The van der Waals surface area contributed by atoms with Crippen molar-refractivity contribution < 1.29 is 36.1 Å². The summed E-state index contributed by atoms with van der Waals surface area (Å²) in [6.45, 7) is 0. The molecular formula is C7H9NaOS. The molecule has 0 bridgehead atoms. The molecule has 0 radical (unpaired) electrons. The molecule has 10 heavy (non-hydrogen) atoms. The first kappa shape index (κ1) is 10.4. The topological polar surface area (TPSA) is 20.2 Å². The molecule has 50 valence electrons. The van der Waals surface area contributed by atoms with Gasteiger partial charge < -0.3 is 6.53 Å². The summed E-state index contributed by atoms with van der Waals surface area (Å²) in [5.41, 5.74) is 1.12. The Morgan fingerprint density at radius 2 is 1.80 bits per heavy atom. The maximum absolute atomic E-state index is 8.83. The molecule has 0 aliphatic heterocycles. The van der Waals surface area contributed by atoms with Crippen LogP contribution in [0.3, 0.4) is 0 Å². The summed E-state index contributed by atoms with van der Waals surface area (Å²) < 4.78 is 0. The van der Waals surface area contributed by atoms with E-state index in [4.69, 9.17) is 5.11 Å². The standard InChI is InChI=1S/C7H8OS.Na.H/c8-7-3-1-6(5-9)2-4-7;;/h1-4,8-9H,5H2;;/q;+1;-1. The Morgan fingerprint density at radius 3 is 2.20 bits per heavy atom. The molecule has 0 unspecified atom stereocenters. The van der Waals surface area contributed by atoms with Crippen molar-refractivity contribution in [1.82, 2.24) is 0 Å². The molecule has 1 nitrogen and oxygen atoms in total. The van der Waals surface area contributed by atoms with Crippen LogP contribution < -0.4 is 29.6 Å². The van der Waals surface area contributed by atoms with Gasteiger partial charge in [0.15, 0.2) is 0 Å². The van der Waals surface area contributed by atoms with Crippen LogP contribution >= 0.6 is 12.6 Å². The number of hydrogen-bond acceptors (Lipinski definition) is 2. The summed E-state index contributed by atoms with van der Waals surface area (Å²) in [7, 11) is 0. The molecule has 1 aromatic carbocycles. The Balaban J connectivity index is 0. The summed E-state index contributed by atoms with van der Waals surface area (Å²) in [6, 6.07) is 7.02.